The minimum atomic E-state index is 0.158. The number of carbonyl (C=O) groups excluding carboxylic acids is 1. The predicted molar refractivity (Wildman–Crippen MR) is 113 cm³/mol. The highest BCUT2D eigenvalue weighted by Crippen LogP contribution is 2.21. The number of morpholine rings is 1. The minimum absolute atomic E-state index is 0.158. The summed E-state index contributed by atoms with van der Waals surface area (Å²) in [6.07, 6.45) is 9.53. The van der Waals surface area contributed by atoms with Crippen LogP contribution in [0, 0.1) is 0 Å². The Hall–Kier alpha value is -1.58. The molecule has 1 aromatic rings. The first-order chi connectivity index (χ1) is 14.8. The van der Waals surface area contributed by atoms with Gasteiger partial charge >= 0.3 is 0 Å². The van der Waals surface area contributed by atoms with Crippen molar-refractivity contribution in [2.24, 2.45) is 0 Å². The molecule has 1 aromatic heterocycles. The molecule has 4 rings (SSSR count). The molecule has 168 valence electrons. The van der Waals surface area contributed by atoms with Crippen LogP contribution in [-0.2, 0) is 22.6 Å². The maximum absolute atomic E-state index is 13.2. The van der Waals surface area contributed by atoms with Crippen molar-refractivity contribution in [1.29, 1.82) is 0 Å². The number of aromatic nitrogens is 4. The SMILES string of the molecule is O=C(Cn1nnnc1CN1CCCCCC1)N1CCCC[C@@H]1CCN1CCOCC1. The van der Waals surface area contributed by atoms with Gasteiger partial charge < -0.3 is 9.64 Å². The zero-order valence-corrected chi connectivity index (χ0v) is 18.3. The maximum atomic E-state index is 13.2. The van der Waals surface area contributed by atoms with Crippen LogP contribution in [-0.4, -0.2) is 99.3 Å². The summed E-state index contributed by atoms with van der Waals surface area (Å²) in [6, 6.07) is 0.333. The van der Waals surface area contributed by atoms with Crippen LogP contribution in [0.3, 0.4) is 0 Å². The Morgan fingerprint density at radius 1 is 0.933 bits per heavy atom. The monoisotopic (exact) mass is 419 g/mol. The molecule has 3 aliphatic rings. The van der Waals surface area contributed by atoms with Crippen LogP contribution < -0.4 is 0 Å². The number of tetrazole rings is 1. The van der Waals surface area contributed by atoms with Gasteiger partial charge in [-0.15, -0.1) is 5.10 Å². The molecule has 0 aliphatic carbocycles. The van der Waals surface area contributed by atoms with Crippen molar-refractivity contribution in [3.8, 4) is 0 Å². The Kier molecular flexibility index (Phi) is 8.05. The Morgan fingerprint density at radius 3 is 2.50 bits per heavy atom. The lowest BCUT2D eigenvalue weighted by Gasteiger charge is -2.37. The van der Waals surface area contributed by atoms with E-state index < -0.39 is 0 Å². The molecule has 9 heteroatoms. The Morgan fingerprint density at radius 2 is 1.70 bits per heavy atom. The Labute approximate surface area is 179 Å². The first-order valence-corrected chi connectivity index (χ1v) is 11.9. The van der Waals surface area contributed by atoms with Gasteiger partial charge in [-0.05, 0) is 62.0 Å². The van der Waals surface area contributed by atoms with Crippen molar-refractivity contribution in [3.05, 3.63) is 5.82 Å². The van der Waals surface area contributed by atoms with Gasteiger partial charge in [0.1, 0.15) is 6.54 Å². The number of rotatable bonds is 7. The first kappa shape index (κ1) is 21.6. The van der Waals surface area contributed by atoms with Gasteiger partial charge in [0.2, 0.25) is 5.91 Å². The molecular formula is C21H37N7O2. The molecule has 4 heterocycles. The third-order valence-electron chi connectivity index (χ3n) is 6.78. The predicted octanol–water partition coefficient (Wildman–Crippen LogP) is 1.15. The minimum Gasteiger partial charge on any atom is -0.379 e. The van der Waals surface area contributed by atoms with Gasteiger partial charge in [0, 0.05) is 32.2 Å². The molecule has 3 saturated heterocycles. The zero-order chi connectivity index (χ0) is 20.6. The molecule has 0 unspecified atom stereocenters. The third-order valence-corrected chi connectivity index (χ3v) is 6.78. The number of amides is 1. The van der Waals surface area contributed by atoms with E-state index in [1.54, 1.807) is 4.68 Å². The van der Waals surface area contributed by atoms with Crippen molar-refractivity contribution < 1.29 is 9.53 Å². The van der Waals surface area contributed by atoms with Gasteiger partial charge in [-0.2, -0.15) is 0 Å². The summed E-state index contributed by atoms with van der Waals surface area (Å²) in [6.45, 7) is 8.74. The molecule has 9 nitrogen and oxygen atoms in total. The third kappa shape index (κ3) is 5.98. The van der Waals surface area contributed by atoms with Crippen molar-refractivity contribution in [2.75, 3.05) is 52.5 Å². The number of hydrogen-bond donors (Lipinski definition) is 0. The summed E-state index contributed by atoms with van der Waals surface area (Å²) in [7, 11) is 0. The summed E-state index contributed by atoms with van der Waals surface area (Å²) in [4.78, 5) is 20.2. The molecule has 0 radical (unpaired) electrons. The molecule has 0 saturated carbocycles. The molecule has 30 heavy (non-hydrogen) atoms. The molecular weight excluding hydrogens is 382 g/mol. The quantitative estimate of drug-likeness (QED) is 0.656. The summed E-state index contributed by atoms with van der Waals surface area (Å²) < 4.78 is 7.17. The van der Waals surface area contributed by atoms with E-state index in [0.29, 0.717) is 6.04 Å². The zero-order valence-electron chi connectivity index (χ0n) is 18.3. The molecule has 1 atom stereocenters. The van der Waals surface area contributed by atoms with Gasteiger partial charge in [-0.1, -0.05) is 12.8 Å². The van der Waals surface area contributed by atoms with E-state index in [9.17, 15) is 4.79 Å². The highest BCUT2D eigenvalue weighted by atomic mass is 16.5. The Bertz CT molecular complexity index is 654. The van der Waals surface area contributed by atoms with Crippen LogP contribution in [0.5, 0.6) is 0 Å². The number of piperidine rings is 1. The van der Waals surface area contributed by atoms with Crippen LogP contribution in [0.25, 0.3) is 0 Å². The van der Waals surface area contributed by atoms with Crippen molar-refractivity contribution >= 4 is 5.91 Å². The van der Waals surface area contributed by atoms with E-state index in [0.717, 1.165) is 84.1 Å². The van der Waals surface area contributed by atoms with Crippen LogP contribution in [0.15, 0.2) is 0 Å². The van der Waals surface area contributed by atoms with E-state index >= 15 is 0 Å². The van der Waals surface area contributed by atoms with E-state index in [-0.39, 0.29) is 12.5 Å². The lowest BCUT2D eigenvalue weighted by Crippen LogP contribution is -2.47. The lowest BCUT2D eigenvalue weighted by atomic mass is 9.99. The van der Waals surface area contributed by atoms with Crippen LogP contribution >= 0.6 is 0 Å². The fourth-order valence-corrected chi connectivity index (χ4v) is 4.96. The second kappa shape index (κ2) is 11.2. The normalized spacial score (nSPS) is 24.7. The van der Waals surface area contributed by atoms with Gasteiger partial charge in [0.05, 0.1) is 19.8 Å². The largest absolute Gasteiger partial charge is 0.379 e. The van der Waals surface area contributed by atoms with E-state index in [2.05, 4.69) is 30.2 Å². The first-order valence-electron chi connectivity index (χ1n) is 11.9. The fourth-order valence-electron chi connectivity index (χ4n) is 4.96. The number of nitrogens with zero attached hydrogens (tertiary/aromatic N) is 7. The van der Waals surface area contributed by atoms with E-state index in [1.807, 2.05) is 0 Å². The van der Waals surface area contributed by atoms with Crippen LogP contribution in [0.4, 0.5) is 0 Å². The summed E-state index contributed by atoms with van der Waals surface area (Å²) in [5, 5.41) is 12.2. The second-order valence-electron chi connectivity index (χ2n) is 8.92. The topological polar surface area (TPSA) is 79.6 Å². The molecule has 0 bridgehead atoms. The van der Waals surface area contributed by atoms with Crippen molar-refractivity contribution in [1.82, 2.24) is 34.9 Å². The number of hydrogen-bond acceptors (Lipinski definition) is 7. The van der Waals surface area contributed by atoms with E-state index in [4.69, 9.17) is 4.74 Å². The summed E-state index contributed by atoms with van der Waals surface area (Å²) in [5.41, 5.74) is 0. The number of likely N-dealkylation sites (tertiary alicyclic amines) is 2. The van der Waals surface area contributed by atoms with Crippen LogP contribution in [0.2, 0.25) is 0 Å². The lowest BCUT2D eigenvalue weighted by molar-refractivity contribution is -0.136. The molecule has 3 fully saturated rings. The van der Waals surface area contributed by atoms with Gasteiger partial charge in [0.25, 0.3) is 0 Å². The molecule has 1 amide bonds. The van der Waals surface area contributed by atoms with E-state index in [1.165, 1.54) is 32.1 Å². The van der Waals surface area contributed by atoms with Crippen molar-refractivity contribution in [2.45, 2.75) is 70.5 Å². The molecule has 3 aliphatic heterocycles. The molecule has 0 spiro atoms. The smallest absolute Gasteiger partial charge is 0.244 e. The Balaban J connectivity index is 1.32. The summed E-state index contributed by atoms with van der Waals surface area (Å²) >= 11 is 0. The van der Waals surface area contributed by atoms with Gasteiger partial charge in [-0.3, -0.25) is 14.6 Å². The highest BCUT2D eigenvalue weighted by molar-refractivity contribution is 5.76. The highest BCUT2D eigenvalue weighted by Gasteiger charge is 2.28. The second-order valence-corrected chi connectivity index (χ2v) is 8.92. The number of carbonyl (C=O) groups is 1. The molecule has 0 N–H and O–H groups in total. The fraction of sp³-hybridized carbons (Fsp3) is 0.905. The standard InChI is InChI=1S/C21H37N7O2/c29-21(18-28-20(22-23-24-28)17-26-9-4-1-2-5-10-26)27-11-6-3-7-19(27)8-12-25-13-15-30-16-14-25/h19H,1-18H2/t19-/m1/s1. The van der Waals surface area contributed by atoms with Crippen molar-refractivity contribution in [3.63, 3.8) is 0 Å². The molecule has 0 aromatic carbocycles. The number of ether oxygens (including phenoxy) is 1. The van der Waals surface area contributed by atoms with Crippen LogP contribution in [0.1, 0.15) is 57.2 Å². The maximum Gasteiger partial charge on any atom is 0.244 e. The van der Waals surface area contributed by atoms with Gasteiger partial charge in [-0.25, -0.2) is 4.68 Å². The van der Waals surface area contributed by atoms with Gasteiger partial charge in [0.15, 0.2) is 5.82 Å². The average Bonchev–Trinajstić information content (AvgIpc) is 3.04. The average molecular weight is 420 g/mol. The summed E-state index contributed by atoms with van der Waals surface area (Å²) in [5.74, 6) is 0.971.